The number of aliphatic carboxylic acids is 1. The van der Waals surface area contributed by atoms with Crippen molar-refractivity contribution in [1.82, 2.24) is 0 Å². The van der Waals surface area contributed by atoms with Crippen LogP contribution in [0.15, 0.2) is 6.07 Å². The SMILES string of the molecule is COc1c(C)c(C)cc(C)c1N(C)C(C)CC(=O)O. The van der Waals surface area contributed by atoms with Crippen LogP contribution in [0.5, 0.6) is 5.75 Å². The molecule has 0 fully saturated rings. The average Bonchev–Trinajstić information content (AvgIpc) is 2.31. The maximum atomic E-state index is 10.8. The van der Waals surface area contributed by atoms with Gasteiger partial charge in [-0.15, -0.1) is 0 Å². The van der Waals surface area contributed by atoms with Gasteiger partial charge in [0.05, 0.1) is 19.2 Å². The summed E-state index contributed by atoms with van der Waals surface area (Å²) in [6, 6.07) is 2.02. The van der Waals surface area contributed by atoms with E-state index in [-0.39, 0.29) is 12.5 Å². The molecule has 0 amide bonds. The van der Waals surface area contributed by atoms with Gasteiger partial charge >= 0.3 is 5.97 Å². The molecule has 19 heavy (non-hydrogen) atoms. The number of aryl methyl sites for hydroxylation is 2. The Labute approximate surface area is 115 Å². The van der Waals surface area contributed by atoms with Crippen molar-refractivity contribution in [3.63, 3.8) is 0 Å². The standard InChI is InChI=1S/C15H23NO3/c1-9-7-10(2)14(15(19-6)12(9)4)16(5)11(3)8-13(17)18/h7,11H,8H2,1-6H3,(H,17,18). The molecular weight excluding hydrogens is 242 g/mol. The van der Waals surface area contributed by atoms with Gasteiger partial charge in [0.25, 0.3) is 0 Å². The monoisotopic (exact) mass is 265 g/mol. The van der Waals surface area contributed by atoms with Crippen molar-refractivity contribution in [3.8, 4) is 5.75 Å². The van der Waals surface area contributed by atoms with Crippen LogP contribution in [0.2, 0.25) is 0 Å². The van der Waals surface area contributed by atoms with E-state index in [2.05, 4.69) is 13.0 Å². The number of hydrogen-bond donors (Lipinski definition) is 1. The van der Waals surface area contributed by atoms with Crippen molar-refractivity contribution >= 4 is 11.7 Å². The molecule has 4 heteroatoms. The molecule has 106 valence electrons. The Morgan fingerprint density at radius 2 is 1.95 bits per heavy atom. The first-order valence-corrected chi connectivity index (χ1v) is 6.39. The molecule has 0 aliphatic rings. The number of carbonyl (C=O) groups is 1. The second-order valence-electron chi connectivity index (χ2n) is 5.08. The van der Waals surface area contributed by atoms with Crippen LogP contribution in [-0.4, -0.2) is 31.3 Å². The van der Waals surface area contributed by atoms with Crippen LogP contribution in [0.4, 0.5) is 5.69 Å². The largest absolute Gasteiger partial charge is 0.494 e. The second kappa shape index (κ2) is 5.95. The number of nitrogens with zero attached hydrogens (tertiary/aromatic N) is 1. The molecule has 0 aliphatic carbocycles. The summed E-state index contributed by atoms with van der Waals surface area (Å²) in [5.74, 6) is 0.0389. The predicted octanol–water partition coefficient (Wildman–Crippen LogP) is 2.92. The molecule has 0 heterocycles. The maximum absolute atomic E-state index is 10.8. The third-order valence-electron chi connectivity index (χ3n) is 3.64. The third-order valence-corrected chi connectivity index (χ3v) is 3.64. The molecule has 4 nitrogen and oxygen atoms in total. The third kappa shape index (κ3) is 3.19. The number of anilines is 1. The molecule has 0 bridgehead atoms. The number of rotatable bonds is 5. The Morgan fingerprint density at radius 3 is 2.42 bits per heavy atom. The van der Waals surface area contributed by atoms with E-state index < -0.39 is 5.97 Å². The van der Waals surface area contributed by atoms with Gasteiger partial charge in [-0.1, -0.05) is 6.07 Å². The molecule has 1 aromatic rings. The summed E-state index contributed by atoms with van der Waals surface area (Å²) >= 11 is 0. The Kier molecular flexibility index (Phi) is 4.81. The molecule has 0 saturated carbocycles. The molecule has 1 unspecified atom stereocenters. The van der Waals surface area contributed by atoms with Gasteiger partial charge in [0.2, 0.25) is 0 Å². The highest BCUT2D eigenvalue weighted by atomic mass is 16.5. The van der Waals surface area contributed by atoms with E-state index in [1.807, 2.05) is 32.7 Å². The van der Waals surface area contributed by atoms with Crippen LogP contribution >= 0.6 is 0 Å². The Bertz CT molecular complexity index is 483. The number of benzene rings is 1. The highest BCUT2D eigenvalue weighted by Gasteiger charge is 2.21. The minimum absolute atomic E-state index is 0.0905. The van der Waals surface area contributed by atoms with Gasteiger partial charge in [-0.25, -0.2) is 0 Å². The fourth-order valence-electron chi connectivity index (χ4n) is 2.34. The van der Waals surface area contributed by atoms with Gasteiger partial charge in [0, 0.05) is 13.1 Å². The molecule has 1 N–H and O–H groups in total. The lowest BCUT2D eigenvalue weighted by atomic mass is 10.0. The Morgan fingerprint density at radius 1 is 1.37 bits per heavy atom. The van der Waals surface area contributed by atoms with Crippen LogP contribution in [0, 0.1) is 20.8 Å². The van der Waals surface area contributed by atoms with Crippen LogP contribution in [0.3, 0.4) is 0 Å². The van der Waals surface area contributed by atoms with Gasteiger partial charge in [0.1, 0.15) is 5.75 Å². The number of ether oxygens (including phenoxy) is 1. The highest BCUT2D eigenvalue weighted by Crippen LogP contribution is 2.37. The minimum atomic E-state index is -0.792. The molecule has 1 rings (SSSR count). The normalized spacial score (nSPS) is 12.1. The van der Waals surface area contributed by atoms with Crippen LogP contribution in [-0.2, 0) is 4.79 Å². The molecule has 0 saturated heterocycles. The van der Waals surface area contributed by atoms with E-state index in [1.165, 1.54) is 5.56 Å². The Balaban J connectivity index is 3.25. The topological polar surface area (TPSA) is 49.8 Å². The number of methoxy groups -OCH3 is 1. The van der Waals surface area contributed by atoms with Crippen molar-refractivity contribution in [1.29, 1.82) is 0 Å². The van der Waals surface area contributed by atoms with Gasteiger partial charge in [-0.2, -0.15) is 0 Å². The van der Waals surface area contributed by atoms with E-state index >= 15 is 0 Å². The van der Waals surface area contributed by atoms with Crippen molar-refractivity contribution in [2.45, 2.75) is 40.2 Å². The van der Waals surface area contributed by atoms with Crippen molar-refractivity contribution in [2.75, 3.05) is 19.1 Å². The lowest BCUT2D eigenvalue weighted by Crippen LogP contribution is -2.32. The van der Waals surface area contributed by atoms with Gasteiger partial charge in [-0.05, 0) is 44.4 Å². The van der Waals surface area contributed by atoms with E-state index in [9.17, 15) is 4.79 Å². The van der Waals surface area contributed by atoms with E-state index in [1.54, 1.807) is 7.11 Å². The van der Waals surface area contributed by atoms with Crippen molar-refractivity contribution in [2.24, 2.45) is 0 Å². The fourth-order valence-corrected chi connectivity index (χ4v) is 2.34. The highest BCUT2D eigenvalue weighted by molar-refractivity contribution is 5.71. The summed E-state index contributed by atoms with van der Waals surface area (Å²) in [4.78, 5) is 12.8. The first-order valence-electron chi connectivity index (χ1n) is 6.39. The lowest BCUT2D eigenvalue weighted by Gasteiger charge is -2.30. The zero-order valence-corrected chi connectivity index (χ0v) is 12.6. The molecular formula is C15H23NO3. The van der Waals surface area contributed by atoms with Crippen LogP contribution < -0.4 is 9.64 Å². The van der Waals surface area contributed by atoms with Gasteiger partial charge in [-0.3, -0.25) is 4.79 Å². The molecule has 1 atom stereocenters. The smallest absolute Gasteiger partial charge is 0.305 e. The second-order valence-corrected chi connectivity index (χ2v) is 5.08. The first-order chi connectivity index (χ1) is 8.79. The van der Waals surface area contributed by atoms with E-state index in [0.29, 0.717) is 0 Å². The summed E-state index contributed by atoms with van der Waals surface area (Å²) in [7, 11) is 3.56. The number of carboxylic acid groups (broad SMARTS) is 1. The maximum Gasteiger partial charge on any atom is 0.305 e. The first kappa shape index (κ1) is 15.3. The molecule has 1 aromatic carbocycles. The summed E-state index contributed by atoms with van der Waals surface area (Å²) in [6.45, 7) is 8.00. The summed E-state index contributed by atoms with van der Waals surface area (Å²) in [6.07, 6.45) is 0.103. The molecule has 0 spiro atoms. The predicted molar refractivity (Wildman–Crippen MR) is 77.3 cm³/mol. The fraction of sp³-hybridized carbons (Fsp3) is 0.533. The van der Waals surface area contributed by atoms with Crippen LogP contribution in [0.25, 0.3) is 0 Å². The summed E-state index contributed by atoms with van der Waals surface area (Å²) in [5.41, 5.74) is 4.34. The number of hydrogen-bond acceptors (Lipinski definition) is 3. The van der Waals surface area contributed by atoms with E-state index in [4.69, 9.17) is 9.84 Å². The Hall–Kier alpha value is -1.71. The quantitative estimate of drug-likeness (QED) is 0.889. The lowest BCUT2D eigenvalue weighted by molar-refractivity contribution is -0.137. The van der Waals surface area contributed by atoms with Gasteiger partial charge < -0.3 is 14.7 Å². The van der Waals surface area contributed by atoms with Crippen molar-refractivity contribution in [3.05, 3.63) is 22.8 Å². The molecule has 0 radical (unpaired) electrons. The number of carboxylic acids is 1. The molecule has 0 aliphatic heterocycles. The zero-order chi connectivity index (χ0) is 14.7. The van der Waals surface area contributed by atoms with Crippen molar-refractivity contribution < 1.29 is 14.6 Å². The van der Waals surface area contributed by atoms with Crippen LogP contribution in [0.1, 0.15) is 30.0 Å². The zero-order valence-electron chi connectivity index (χ0n) is 12.6. The summed E-state index contributed by atoms with van der Waals surface area (Å²) < 4.78 is 5.52. The van der Waals surface area contributed by atoms with Gasteiger partial charge in [0.15, 0.2) is 0 Å². The average molecular weight is 265 g/mol. The van der Waals surface area contributed by atoms with E-state index in [0.717, 1.165) is 22.6 Å². The summed E-state index contributed by atoms with van der Waals surface area (Å²) in [5, 5.41) is 8.92. The minimum Gasteiger partial charge on any atom is -0.494 e. The molecule has 0 aromatic heterocycles.